The molecule has 0 saturated carbocycles. The highest BCUT2D eigenvalue weighted by molar-refractivity contribution is 6.00. The average Bonchev–Trinajstić information content (AvgIpc) is 3.08. The molecule has 2 saturated heterocycles. The first-order valence-corrected chi connectivity index (χ1v) is 8.50. The first-order chi connectivity index (χ1) is 11.1. The molecule has 2 amide bonds. The van der Waals surface area contributed by atoms with Crippen molar-refractivity contribution in [2.45, 2.75) is 32.6 Å². The van der Waals surface area contributed by atoms with E-state index in [1.54, 1.807) is 0 Å². The molecular weight excluding hydrogens is 290 g/mol. The summed E-state index contributed by atoms with van der Waals surface area (Å²) in [5, 5.41) is 0. The van der Waals surface area contributed by atoms with Crippen LogP contribution in [0.5, 0.6) is 0 Å². The lowest BCUT2D eigenvalue weighted by atomic mass is 9.95. The van der Waals surface area contributed by atoms with Crippen LogP contribution in [-0.2, 0) is 4.79 Å². The van der Waals surface area contributed by atoms with Crippen molar-refractivity contribution in [3.63, 3.8) is 0 Å². The molecule has 2 aliphatic rings. The van der Waals surface area contributed by atoms with Crippen molar-refractivity contribution in [1.29, 1.82) is 0 Å². The highest BCUT2D eigenvalue weighted by atomic mass is 16.2. The van der Waals surface area contributed by atoms with Crippen molar-refractivity contribution in [3.05, 3.63) is 29.3 Å². The molecule has 1 aromatic carbocycles. The smallest absolute Gasteiger partial charge is 0.255 e. The predicted molar refractivity (Wildman–Crippen MR) is 90.4 cm³/mol. The topological polar surface area (TPSA) is 66.6 Å². The second-order valence-corrected chi connectivity index (χ2v) is 6.68. The summed E-state index contributed by atoms with van der Waals surface area (Å²) in [6, 6.07) is 6.14. The Bertz CT molecular complexity index is 600. The number of benzene rings is 1. The number of carbonyl (C=O) groups excluding carboxylic acids is 2. The van der Waals surface area contributed by atoms with Gasteiger partial charge < -0.3 is 15.5 Å². The van der Waals surface area contributed by atoms with Gasteiger partial charge >= 0.3 is 0 Å². The number of hydrogen-bond donors (Lipinski definition) is 1. The zero-order chi connectivity index (χ0) is 16.4. The summed E-state index contributed by atoms with van der Waals surface area (Å²) < 4.78 is 0. The zero-order valence-electron chi connectivity index (χ0n) is 13.8. The fourth-order valence-corrected chi connectivity index (χ4v) is 3.59. The zero-order valence-corrected chi connectivity index (χ0v) is 13.8. The lowest BCUT2D eigenvalue weighted by Gasteiger charge is -2.32. The summed E-state index contributed by atoms with van der Waals surface area (Å²) in [5.74, 6) is -0.251. The Morgan fingerprint density at radius 1 is 1.09 bits per heavy atom. The summed E-state index contributed by atoms with van der Waals surface area (Å²) in [4.78, 5) is 28.5. The Labute approximate surface area is 137 Å². The highest BCUT2D eigenvalue weighted by Crippen LogP contribution is 2.28. The summed E-state index contributed by atoms with van der Waals surface area (Å²) in [6.45, 7) is 5.28. The van der Waals surface area contributed by atoms with Crippen LogP contribution in [0.4, 0.5) is 5.69 Å². The molecule has 0 aliphatic carbocycles. The van der Waals surface area contributed by atoms with E-state index in [-0.39, 0.29) is 17.7 Å². The molecule has 124 valence electrons. The highest BCUT2D eigenvalue weighted by Gasteiger charge is 2.28. The minimum Gasteiger partial charge on any atom is -0.371 e. The predicted octanol–water partition coefficient (Wildman–Crippen LogP) is 1.93. The van der Waals surface area contributed by atoms with Gasteiger partial charge in [0.25, 0.3) is 5.91 Å². The van der Waals surface area contributed by atoms with Crippen molar-refractivity contribution in [3.8, 4) is 0 Å². The fourth-order valence-electron chi connectivity index (χ4n) is 3.59. The molecule has 5 heteroatoms. The number of primary amides is 1. The van der Waals surface area contributed by atoms with E-state index < -0.39 is 0 Å². The molecule has 2 fully saturated rings. The quantitative estimate of drug-likeness (QED) is 0.927. The number of anilines is 1. The van der Waals surface area contributed by atoms with Gasteiger partial charge in [0.2, 0.25) is 5.91 Å². The number of aryl methyl sites for hydroxylation is 1. The Kier molecular flexibility index (Phi) is 4.55. The Balaban J connectivity index is 1.79. The number of carbonyl (C=O) groups is 2. The van der Waals surface area contributed by atoms with Gasteiger partial charge in [-0.05, 0) is 44.7 Å². The van der Waals surface area contributed by atoms with E-state index in [2.05, 4.69) is 17.0 Å². The number of piperidine rings is 1. The van der Waals surface area contributed by atoms with Crippen molar-refractivity contribution < 1.29 is 9.59 Å². The Morgan fingerprint density at radius 2 is 1.74 bits per heavy atom. The van der Waals surface area contributed by atoms with E-state index in [1.165, 1.54) is 12.8 Å². The lowest BCUT2D eigenvalue weighted by Crippen LogP contribution is -2.42. The molecule has 2 heterocycles. The van der Waals surface area contributed by atoms with Crippen LogP contribution in [0, 0.1) is 12.8 Å². The van der Waals surface area contributed by atoms with Crippen molar-refractivity contribution in [2.24, 2.45) is 11.7 Å². The second-order valence-electron chi connectivity index (χ2n) is 6.68. The van der Waals surface area contributed by atoms with Gasteiger partial charge in [0.15, 0.2) is 0 Å². The lowest BCUT2D eigenvalue weighted by molar-refractivity contribution is -0.123. The molecule has 0 spiro atoms. The SMILES string of the molecule is Cc1ccc(N2CCCC2)c(C(=O)N2CCC(C(N)=O)CC2)c1. The van der Waals surface area contributed by atoms with Gasteiger partial charge in [0.05, 0.1) is 5.56 Å². The summed E-state index contributed by atoms with van der Waals surface area (Å²) in [6.07, 6.45) is 3.72. The third-order valence-electron chi connectivity index (χ3n) is 5.01. The van der Waals surface area contributed by atoms with Gasteiger partial charge in [0, 0.05) is 37.8 Å². The van der Waals surface area contributed by atoms with Crippen LogP contribution in [0.25, 0.3) is 0 Å². The van der Waals surface area contributed by atoms with Crippen molar-refractivity contribution in [2.75, 3.05) is 31.1 Å². The number of amides is 2. The summed E-state index contributed by atoms with van der Waals surface area (Å²) >= 11 is 0. The molecule has 0 atom stereocenters. The maximum Gasteiger partial charge on any atom is 0.255 e. The van der Waals surface area contributed by atoms with Gasteiger partial charge in [-0.25, -0.2) is 0 Å². The van der Waals surface area contributed by atoms with E-state index in [9.17, 15) is 9.59 Å². The van der Waals surface area contributed by atoms with Crippen LogP contribution < -0.4 is 10.6 Å². The Morgan fingerprint density at radius 3 is 2.35 bits per heavy atom. The third-order valence-corrected chi connectivity index (χ3v) is 5.01. The summed E-state index contributed by atoms with van der Waals surface area (Å²) in [5.41, 5.74) is 8.32. The van der Waals surface area contributed by atoms with E-state index in [1.807, 2.05) is 17.9 Å². The van der Waals surface area contributed by atoms with Gasteiger partial charge in [0.1, 0.15) is 0 Å². The molecular formula is C18H25N3O2. The van der Waals surface area contributed by atoms with Crippen LogP contribution in [-0.4, -0.2) is 42.9 Å². The largest absolute Gasteiger partial charge is 0.371 e. The van der Waals surface area contributed by atoms with Gasteiger partial charge in [-0.3, -0.25) is 9.59 Å². The van der Waals surface area contributed by atoms with Crippen molar-refractivity contribution in [1.82, 2.24) is 4.90 Å². The van der Waals surface area contributed by atoms with Gasteiger partial charge in [-0.15, -0.1) is 0 Å². The molecule has 23 heavy (non-hydrogen) atoms. The molecule has 5 nitrogen and oxygen atoms in total. The number of rotatable bonds is 3. The van der Waals surface area contributed by atoms with Gasteiger partial charge in [-0.2, -0.15) is 0 Å². The van der Waals surface area contributed by atoms with Crippen LogP contribution in [0.3, 0.4) is 0 Å². The van der Waals surface area contributed by atoms with Crippen LogP contribution >= 0.6 is 0 Å². The Hall–Kier alpha value is -2.04. The van der Waals surface area contributed by atoms with Crippen LogP contribution in [0.1, 0.15) is 41.6 Å². The van der Waals surface area contributed by atoms with Crippen molar-refractivity contribution >= 4 is 17.5 Å². The minimum absolute atomic E-state index is 0.0820. The molecule has 1 aromatic rings. The number of nitrogens with two attached hydrogens (primary N) is 1. The van der Waals surface area contributed by atoms with Crippen LogP contribution in [0.15, 0.2) is 18.2 Å². The number of likely N-dealkylation sites (tertiary alicyclic amines) is 1. The summed E-state index contributed by atoms with van der Waals surface area (Å²) in [7, 11) is 0. The number of nitrogens with zero attached hydrogens (tertiary/aromatic N) is 2. The monoisotopic (exact) mass is 315 g/mol. The third kappa shape index (κ3) is 3.33. The van der Waals surface area contributed by atoms with Gasteiger partial charge in [-0.1, -0.05) is 11.6 Å². The fraction of sp³-hybridized carbons (Fsp3) is 0.556. The van der Waals surface area contributed by atoms with E-state index in [0.29, 0.717) is 25.9 Å². The number of hydrogen-bond acceptors (Lipinski definition) is 3. The maximum absolute atomic E-state index is 13.0. The molecule has 0 radical (unpaired) electrons. The molecule has 0 unspecified atom stereocenters. The molecule has 2 aliphatic heterocycles. The minimum atomic E-state index is -0.245. The molecule has 0 aromatic heterocycles. The van der Waals surface area contributed by atoms with E-state index >= 15 is 0 Å². The molecule has 0 bridgehead atoms. The normalized spacial score (nSPS) is 19.2. The first kappa shape index (κ1) is 15.8. The van der Waals surface area contributed by atoms with Crippen LogP contribution in [0.2, 0.25) is 0 Å². The average molecular weight is 315 g/mol. The maximum atomic E-state index is 13.0. The van der Waals surface area contributed by atoms with E-state index in [0.717, 1.165) is 29.9 Å². The first-order valence-electron chi connectivity index (χ1n) is 8.50. The molecule has 2 N–H and O–H groups in total. The standard InChI is InChI=1S/C18H25N3O2/c1-13-4-5-16(20-8-2-3-9-20)15(12-13)18(23)21-10-6-14(7-11-21)17(19)22/h4-5,12,14H,2-3,6-11H2,1H3,(H2,19,22). The molecule has 3 rings (SSSR count). The van der Waals surface area contributed by atoms with E-state index in [4.69, 9.17) is 5.73 Å². The second kappa shape index (κ2) is 6.60.